The lowest BCUT2D eigenvalue weighted by atomic mass is 10.0. The molecule has 0 amide bonds. The highest BCUT2D eigenvalue weighted by Gasteiger charge is 2.21. The molecule has 0 N–H and O–H groups in total. The molecular weight excluding hydrogens is 412 g/mol. The van der Waals surface area contributed by atoms with Crippen LogP contribution in [0.2, 0.25) is 0 Å². The Morgan fingerprint density at radius 3 is 2.13 bits per heavy atom. The molecule has 0 atom stereocenters. The highest BCUT2D eigenvalue weighted by Crippen LogP contribution is 2.20. The van der Waals surface area contributed by atoms with E-state index in [4.69, 9.17) is 0 Å². The fraction of sp³-hybridized carbons (Fsp3) is 0.0833. The van der Waals surface area contributed by atoms with Gasteiger partial charge in [0.2, 0.25) is 0 Å². The van der Waals surface area contributed by atoms with Gasteiger partial charge in [0.25, 0.3) is 10.0 Å². The highest BCUT2D eigenvalue weighted by molar-refractivity contribution is 7.89. The van der Waals surface area contributed by atoms with Gasteiger partial charge >= 0.3 is 5.97 Å². The first-order valence-corrected chi connectivity index (χ1v) is 10.9. The van der Waals surface area contributed by atoms with Gasteiger partial charge in [-0.1, -0.05) is 72.3 Å². The number of carbonyl (C=O) groups is 1. The van der Waals surface area contributed by atoms with Crippen molar-refractivity contribution < 1.29 is 17.9 Å². The van der Waals surface area contributed by atoms with E-state index in [9.17, 15) is 13.2 Å². The number of methoxy groups -OCH3 is 1. The van der Waals surface area contributed by atoms with Crippen LogP contribution in [-0.2, 0) is 19.6 Å². The number of benzene rings is 3. The normalized spacial score (nSPS) is 11.7. The molecule has 3 aromatic carbocycles. The topological polar surface area (TPSA) is 76.0 Å². The molecule has 0 aromatic heterocycles. The molecule has 31 heavy (non-hydrogen) atoms. The number of aryl methyl sites for hydroxylation is 1. The van der Waals surface area contributed by atoms with Gasteiger partial charge in [0.15, 0.2) is 0 Å². The van der Waals surface area contributed by atoms with Crippen molar-refractivity contribution in [3.8, 4) is 11.1 Å². The van der Waals surface area contributed by atoms with Gasteiger partial charge in [0.05, 0.1) is 18.2 Å². The lowest BCUT2D eigenvalue weighted by Crippen LogP contribution is -2.21. The molecule has 0 radical (unpaired) electrons. The second-order valence-electron chi connectivity index (χ2n) is 6.66. The van der Waals surface area contributed by atoms with Gasteiger partial charge in [-0.3, -0.25) is 0 Å². The number of rotatable bonds is 7. The van der Waals surface area contributed by atoms with Crippen LogP contribution in [0.4, 0.5) is 0 Å². The molecule has 0 aliphatic carbocycles. The minimum atomic E-state index is -4.00. The molecule has 3 aromatic rings. The van der Waals surface area contributed by atoms with Crippen molar-refractivity contribution in [3.05, 3.63) is 102 Å². The molecular formula is C24H22N2O4S. The molecule has 0 unspecified atom stereocenters. The molecule has 0 aliphatic rings. The van der Waals surface area contributed by atoms with E-state index in [0.717, 1.165) is 33.4 Å². The molecule has 0 saturated carbocycles. The van der Waals surface area contributed by atoms with Crippen LogP contribution in [0.3, 0.4) is 0 Å². The van der Waals surface area contributed by atoms with Crippen LogP contribution < -0.4 is 0 Å². The van der Waals surface area contributed by atoms with E-state index in [1.54, 1.807) is 12.1 Å². The van der Waals surface area contributed by atoms with Crippen molar-refractivity contribution in [1.82, 2.24) is 4.41 Å². The van der Waals surface area contributed by atoms with E-state index in [1.165, 1.54) is 25.5 Å². The number of hydrazone groups is 1. The smallest absolute Gasteiger partial charge is 0.332 e. The molecule has 0 saturated heterocycles. The molecule has 0 bridgehead atoms. The maximum Gasteiger partial charge on any atom is 0.332 e. The maximum atomic E-state index is 13.0. The summed E-state index contributed by atoms with van der Waals surface area (Å²) in [5.41, 5.74) is 3.75. The lowest BCUT2D eigenvalue weighted by molar-refractivity contribution is -0.134. The summed E-state index contributed by atoms with van der Waals surface area (Å²) in [6.07, 6.45) is 3.49. The molecule has 0 spiro atoms. The number of esters is 1. The lowest BCUT2D eigenvalue weighted by Gasteiger charge is -2.15. The van der Waals surface area contributed by atoms with Crippen molar-refractivity contribution in [3.63, 3.8) is 0 Å². The minimum absolute atomic E-state index is 0.0594. The molecule has 158 valence electrons. The largest absolute Gasteiger partial charge is 0.466 e. The number of hydrogen-bond acceptors (Lipinski definition) is 5. The van der Waals surface area contributed by atoms with Crippen molar-refractivity contribution >= 4 is 22.2 Å². The summed E-state index contributed by atoms with van der Waals surface area (Å²) in [4.78, 5) is 11.5. The third-order valence-corrected chi connectivity index (χ3v) is 6.02. The molecule has 0 heterocycles. The minimum Gasteiger partial charge on any atom is -0.466 e. The summed E-state index contributed by atoms with van der Waals surface area (Å²) in [6.45, 7) is 1.86. The fourth-order valence-electron chi connectivity index (χ4n) is 2.71. The quantitative estimate of drug-likeness (QED) is 0.239. The SMILES string of the molecule is COC(=O)/C=C\N(/N=C/c1ccc(-c2ccccc2)cc1)S(=O)(=O)c1ccc(C)cc1. The van der Waals surface area contributed by atoms with Crippen LogP contribution in [0.15, 0.2) is 101 Å². The van der Waals surface area contributed by atoms with Crippen molar-refractivity contribution in [2.24, 2.45) is 5.10 Å². The maximum absolute atomic E-state index is 13.0. The zero-order valence-electron chi connectivity index (χ0n) is 17.2. The van der Waals surface area contributed by atoms with E-state index < -0.39 is 16.0 Å². The van der Waals surface area contributed by atoms with E-state index in [1.807, 2.05) is 61.5 Å². The first kappa shape index (κ1) is 22.0. The second-order valence-corrected chi connectivity index (χ2v) is 8.46. The third-order valence-electron chi connectivity index (χ3n) is 4.44. The van der Waals surface area contributed by atoms with E-state index >= 15 is 0 Å². The summed E-state index contributed by atoms with van der Waals surface area (Å²) in [5, 5.41) is 4.10. The number of sulfonamides is 1. The Kier molecular flexibility index (Phi) is 6.99. The number of ether oxygens (including phenoxy) is 1. The van der Waals surface area contributed by atoms with Crippen molar-refractivity contribution in [1.29, 1.82) is 0 Å². The summed E-state index contributed by atoms with van der Waals surface area (Å²) in [6, 6.07) is 23.8. The van der Waals surface area contributed by atoms with Gasteiger partial charge < -0.3 is 4.74 Å². The number of nitrogens with zero attached hydrogens (tertiary/aromatic N) is 2. The van der Waals surface area contributed by atoms with Gasteiger partial charge in [0, 0.05) is 12.3 Å². The standard InChI is InChI=1S/C24H22N2O4S/c1-19-8-14-23(15-9-19)31(28,29)26(17-16-24(27)30-2)25-18-20-10-12-22(13-11-20)21-6-4-3-5-7-21/h3-18H,1-2H3/b17-16-,25-18+. The zero-order valence-corrected chi connectivity index (χ0v) is 18.0. The predicted octanol–water partition coefficient (Wildman–Crippen LogP) is 4.37. The molecule has 7 heteroatoms. The van der Waals surface area contributed by atoms with Crippen LogP contribution in [0, 0.1) is 6.92 Å². The molecule has 6 nitrogen and oxygen atoms in total. The van der Waals surface area contributed by atoms with E-state index in [0.29, 0.717) is 5.56 Å². The summed E-state index contributed by atoms with van der Waals surface area (Å²) < 4.78 is 31.3. The Hall–Kier alpha value is -3.71. The van der Waals surface area contributed by atoms with Crippen LogP contribution in [0.25, 0.3) is 11.1 Å². The zero-order chi connectivity index (χ0) is 22.3. The van der Waals surface area contributed by atoms with Crippen molar-refractivity contribution in [2.75, 3.05) is 7.11 Å². The Morgan fingerprint density at radius 2 is 1.52 bits per heavy atom. The number of carbonyl (C=O) groups excluding carboxylic acids is 1. The Bertz CT molecular complexity index is 1180. The predicted molar refractivity (Wildman–Crippen MR) is 121 cm³/mol. The summed E-state index contributed by atoms with van der Waals surface area (Å²) >= 11 is 0. The second kappa shape index (κ2) is 9.86. The monoisotopic (exact) mass is 434 g/mol. The average Bonchev–Trinajstić information content (AvgIpc) is 2.80. The van der Waals surface area contributed by atoms with Gasteiger partial charge in [-0.05, 0) is 35.7 Å². The Morgan fingerprint density at radius 1 is 0.903 bits per heavy atom. The molecule has 3 rings (SSSR count). The van der Waals surface area contributed by atoms with Crippen molar-refractivity contribution in [2.45, 2.75) is 11.8 Å². The third kappa shape index (κ3) is 5.67. The van der Waals surface area contributed by atoms with Gasteiger partial charge in [0.1, 0.15) is 0 Å². The molecule has 0 fully saturated rings. The fourth-order valence-corrected chi connectivity index (χ4v) is 3.80. The Labute approximate surface area is 182 Å². The van der Waals surface area contributed by atoms with E-state index in [-0.39, 0.29) is 4.90 Å². The highest BCUT2D eigenvalue weighted by atomic mass is 32.2. The van der Waals surface area contributed by atoms with Gasteiger partial charge in [-0.2, -0.15) is 17.9 Å². The molecule has 0 aliphatic heterocycles. The van der Waals surface area contributed by atoms with Gasteiger partial charge in [-0.25, -0.2) is 4.79 Å². The van der Waals surface area contributed by atoms with Crippen LogP contribution >= 0.6 is 0 Å². The Balaban J connectivity index is 1.89. The first-order chi connectivity index (χ1) is 14.9. The summed E-state index contributed by atoms with van der Waals surface area (Å²) in [7, 11) is -2.79. The van der Waals surface area contributed by atoms with E-state index in [2.05, 4.69) is 9.84 Å². The average molecular weight is 435 g/mol. The van der Waals surface area contributed by atoms with Gasteiger partial charge in [-0.15, -0.1) is 0 Å². The number of hydrogen-bond donors (Lipinski definition) is 0. The van der Waals surface area contributed by atoms with Crippen LogP contribution in [0.1, 0.15) is 11.1 Å². The first-order valence-electron chi connectivity index (χ1n) is 9.47. The van der Waals surface area contributed by atoms with Crippen LogP contribution in [-0.4, -0.2) is 32.1 Å². The van der Waals surface area contributed by atoms with Crippen LogP contribution in [0.5, 0.6) is 0 Å². The summed E-state index contributed by atoms with van der Waals surface area (Å²) in [5.74, 6) is -0.688.